The Labute approximate surface area is 146 Å². The highest BCUT2D eigenvalue weighted by atomic mass is 19.1. The van der Waals surface area contributed by atoms with E-state index in [0.29, 0.717) is 11.1 Å². The first kappa shape index (κ1) is 16.2. The van der Waals surface area contributed by atoms with Crippen LogP contribution >= 0.6 is 0 Å². The molecule has 4 rings (SSSR count). The Morgan fingerprint density at radius 1 is 1.28 bits per heavy atom. The van der Waals surface area contributed by atoms with Gasteiger partial charge in [-0.05, 0) is 43.9 Å². The number of carbonyl (C=O) groups is 1. The van der Waals surface area contributed by atoms with E-state index in [4.69, 9.17) is 0 Å². The van der Waals surface area contributed by atoms with Gasteiger partial charge in [0.25, 0.3) is 5.91 Å². The highest BCUT2D eigenvalue weighted by Crippen LogP contribution is 2.33. The molecule has 0 spiro atoms. The van der Waals surface area contributed by atoms with Gasteiger partial charge in [0.1, 0.15) is 17.5 Å². The van der Waals surface area contributed by atoms with Gasteiger partial charge in [-0.15, -0.1) is 10.2 Å². The van der Waals surface area contributed by atoms with Gasteiger partial charge in [0.15, 0.2) is 0 Å². The number of fused-ring (bicyclic) bond motifs is 3. The molecule has 0 saturated carbocycles. The fourth-order valence-corrected chi connectivity index (χ4v) is 4.11. The Kier molecular flexibility index (Phi) is 4.06. The molecular weight excluding hydrogens is 319 g/mol. The maximum absolute atomic E-state index is 13.9. The summed E-state index contributed by atoms with van der Waals surface area (Å²) in [6.45, 7) is 4.58. The molecule has 2 aliphatic heterocycles. The third-order valence-corrected chi connectivity index (χ3v) is 5.46. The zero-order valence-corrected chi connectivity index (χ0v) is 14.7. The number of halogens is 1. The average Bonchev–Trinajstić information content (AvgIpc) is 3.09. The second-order valence-electron chi connectivity index (χ2n) is 7.16. The summed E-state index contributed by atoms with van der Waals surface area (Å²) in [5.74, 6) is 1.60. The first-order chi connectivity index (χ1) is 12.1. The van der Waals surface area contributed by atoms with Crippen molar-refractivity contribution in [2.24, 2.45) is 0 Å². The van der Waals surface area contributed by atoms with Gasteiger partial charge in [-0.25, -0.2) is 4.39 Å². The number of benzene rings is 1. The van der Waals surface area contributed by atoms with Crippen LogP contribution in [0.25, 0.3) is 0 Å². The van der Waals surface area contributed by atoms with Crippen LogP contribution in [0.4, 0.5) is 4.39 Å². The van der Waals surface area contributed by atoms with Crippen LogP contribution in [0.1, 0.15) is 53.8 Å². The summed E-state index contributed by atoms with van der Waals surface area (Å²) >= 11 is 0. The molecule has 1 saturated heterocycles. The van der Waals surface area contributed by atoms with Crippen molar-refractivity contribution >= 4 is 5.91 Å². The van der Waals surface area contributed by atoms with Gasteiger partial charge >= 0.3 is 0 Å². The lowest BCUT2D eigenvalue weighted by atomic mass is 10.1. The van der Waals surface area contributed by atoms with Crippen molar-refractivity contribution in [2.45, 2.75) is 64.6 Å². The lowest BCUT2D eigenvalue weighted by molar-refractivity contribution is 0.0664. The average molecular weight is 342 g/mol. The zero-order chi connectivity index (χ0) is 17.6. The van der Waals surface area contributed by atoms with Gasteiger partial charge in [-0.2, -0.15) is 0 Å². The van der Waals surface area contributed by atoms with E-state index in [1.807, 2.05) is 4.90 Å². The standard InChI is InChI=1S/C19H23FN4O/c1-3-4-17-21-22-18-10-14-7-8-15(11-23(17)18)24(14)19(25)13-6-5-12(2)16(20)9-13/h5-6,9,14-15H,3-4,7-8,10-11H2,1-2H3/t14-,15+/m0/s1. The number of rotatable bonds is 3. The van der Waals surface area contributed by atoms with Crippen molar-refractivity contribution in [3.63, 3.8) is 0 Å². The van der Waals surface area contributed by atoms with Gasteiger partial charge < -0.3 is 9.47 Å². The van der Waals surface area contributed by atoms with Gasteiger partial charge in [0.05, 0.1) is 6.04 Å². The molecule has 132 valence electrons. The highest BCUT2D eigenvalue weighted by molar-refractivity contribution is 5.95. The minimum atomic E-state index is -0.324. The summed E-state index contributed by atoms with van der Waals surface area (Å²) < 4.78 is 16.1. The largest absolute Gasteiger partial charge is 0.330 e. The minimum Gasteiger partial charge on any atom is -0.330 e. The quantitative estimate of drug-likeness (QED) is 0.862. The topological polar surface area (TPSA) is 51.0 Å². The van der Waals surface area contributed by atoms with E-state index < -0.39 is 0 Å². The maximum Gasteiger partial charge on any atom is 0.254 e. The van der Waals surface area contributed by atoms with Gasteiger partial charge in [0.2, 0.25) is 0 Å². The smallest absolute Gasteiger partial charge is 0.254 e. The van der Waals surface area contributed by atoms with Crippen molar-refractivity contribution in [1.82, 2.24) is 19.7 Å². The molecule has 0 N–H and O–H groups in total. The van der Waals surface area contributed by atoms with E-state index in [1.54, 1.807) is 19.1 Å². The van der Waals surface area contributed by atoms with E-state index in [-0.39, 0.29) is 23.8 Å². The molecule has 2 aliphatic rings. The Balaban J connectivity index is 1.64. The molecule has 2 atom stereocenters. The Morgan fingerprint density at radius 3 is 2.84 bits per heavy atom. The molecular formula is C19H23FN4O. The summed E-state index contributed by atoms with van der Waals surface area (Å²) in [5.41, 5.74) is 0.997. The summed E-state index contributed by atoms with van der Waals surface area (Å²) in [6, 6.07) is 5.03. The molecule has 0 aliphatic carbocycles. The first-order valence-electron chi connectivity index (χ1n) is 9.08. The number of carbonyl (C=O) groups excluding carboxylic acids is 1. The number of amides is 1. The van der Waals surface area contributed by atoms with Crippen LogP contribution < -0.4 is 0 Å². The van der Waals surface area contributed by atoms with Crippen LogP contribution in [-0.4, -0.2) is 37.7 Å². The van der Waals surface area contributed by atoms with E-state index in [0.717, 1.165) is 50.3 Å². The second-order valence-corrected chi connectivity index (χ2v) is 7.16. The molecule has 5 nitrogen and oxygen atoms in total. The molecule has 1 aromatic heterocycles. The Bertz CT molecular complexity index is 816. The van der Waals surface area contributed by atoms with Gasteiger partial charge in [0, 0.05) is 31.0 Å². The van der Waals surface area contributed by atoms with Crippen LogP contribution in [0.15, 0.2) is 18.2 Å². The fourth-order valence-electron chi connectivity index (χ4n) is 4.11. The summed E-state index contributed by atoms with van der Waals surface area (Å²) in [7, 11) is 0. The number of aryl methyl sites for hydroxylation is 2. The van der Waals surface area contributed by atoms with Crippen LogP contribution in [0.2, 0.25) is 0 Å². The monoisotopic (exact) mass is 342 g/mol. The maximum atomic E-state index is 13.9. The summed E-state index contributed by atoms with van der Waals surface area (Å²) in [5, 5.41) is 8.70. The number of hydrogen-bond acceptors (Lipinski definition) is 3. The molecule has 6 heteroatoms. The van der Waals surface area contributed by atoms with E-state index in [1.165, 1.54) is 6.07 Å². The molecule has 2 aromatic rings. The molecule has 25 heavy (non-hydrogen) atoms. The summed E-state index contributed by atoms with van der Waals surface area (Å²) in [6.07, 6.45) is 4.61. The van der Waals surface area contributed by atoms with Crippen molar-refractivity contribution in [2.75, 3.05) is 0 Å². The van der Waals surface area contributed by atoms with Crippen LogP contribution in [0.3, 0.4) is 0 Å². The Morgan fingerprint density at radius 2 is 2.08 bits per heavy atom. The van der Waals surface area contributed by atoms with Gasteiger partial charge in [-0.3, -0.25) is 4.79 Å². The van der Waals surface area contributed by atoms with Crippen LogP contribution in [0, 0.1) is 12.7 Å². The van der Waals surface area contributed by atoms with Gasteiger partial charge in [-0.1, -0.05) is 13.0 Å². The number of aromatic nitrogens is 3. The van der Waals surface area contributed by atoms with Crippen molar-refractivity contribution in [3.8, 4) is 0 Å². The molecule has 0 unspecified atom stereocenters. The molecule has 1 fully saturated rings. The third-order valence-electron chi connectivity index (χ3n) is 5.46. The molecule has 3 heterocycles. The minimum absolute atomic E-state index is 0.0675. The lowest BCUT2D eigenvalue weighted by Gasteiger charge is -2.28. The predicted molar refractivity (Wildman–Crippen MR) is 91.8 cm³/mol. The van der Waals surface area contributed by atoms with Crippen molar-refractivity contribution < 1.29 is 9.18 Å². The highest BCUT2D eigenvalue weighted by Gasteiger charge is 2.41. The second kappa shape index (κ2) is 6.24. The molecule has 1 aromatic carbocycles. The number of hydrogen-bond donors (Lipinski definition) is 0. The molecule has 2 bridgehead atoms. The Hall–Kier alpha value is -2.24. The molecule has 0 radical (unpaired) electrons. The predicted octanol–water partition coefficient (Wildman–Crippen LogP) is 2.91. The normalized spacial score (nSPS) is 22.0. The zero-order valence-electron chi connectivity index (χ0n) is 14.7. The third kappa shape index (κ3) is 2.73. The lowest BCUT2D eigenvalue weighted by Crippen LogP contribution is -2.42. The van der Waals surface area contributed by atoms with Crippen LogP contribution in [-0.2, 0) is 19.4 Å². The fraction of sp³-hybridized carbons (Fsp3) is 0.526. The first-order valence-corrected chi connectivity index (χ1v) is 9.08. The van der Waals surface area contributed by atoms with Crippen molar-refractivity contribution in [3.05, 3.63) is 46.8 Å². The molecule has 1 amide bonds. The van der Waals surface area contributed by atoms with Crippen LogP contribution in [0.5, 0.6) is 0 Å². The van der Waals surface area contributed by atoms with E-state index in [9.17, 15) is 9.18 Å². The summed E-state index contributed by atoms with van der Waals surface area (Å²) in [4.78, 5) is 15.0. The van der Waals surface area contributed by atoms with Crippen molar-refractivity contribution in [1.29, 1.82) is 0 Å². The van der Waals surface area contributed by atoms with E-state index in [2.05, 4.69) is 21.7 Å². The SMILES string of the molecule is CCCc1nnc2n1C[C@H]1CC[C@@H](C2)N1C(=O)c1ccc(C)c(F)c1. The van der Waals surface area contributed by atoms with E-state index >= 15 is 0 Å². The number of nitrogens with zero attached hydrogens (tertiary/aromatic N) is 4.